The van der Waals surface area contributed by atoms with E-state index in [0.29, 0.717) is 0 Å². The van der Waals surface area contributed by atoms with Crippen LogP contribution in [0.2, 0.25) is 0 Å². The molecule has 0 atom stereocenters. The van der Waals surface area contributed by atoms with E-state index < -0.39 is 5.79 Å². The lowest BCUT2D eigenvalue weighted by Crippen LogP contribution is -2.33. The highest BCUT2D eigenvalue weighted by Gasteiger charge is 2.09. The zero-order chi connectivity index (χ0) is 5.21. The van der Waals surface area contributed by atoms with Crippen LogP contribution in [0.4, 0.5) is 0 Å². The van der Waals surface area contributed by atoms with Crippen LogP contribution in [-0.2, 0) is 0 Å². The van der Waals surface area contributed by atoms with Crippen LogP contribution in [0.3, 0.4) is 0 Å². The van der Waals surface area contributed by atoms with E-state index in [-0.39, 0.29) is 6.54 Å². The molecule has 0 saturated heterocycles. The topological polar surface area (TPSA) is 66.5 Å². The van der Waals surface area contributed by atoms with Gasteiger partial charge in [-0.1, -0.05) is 0 Å². The van der Waals surface area contributed by atoms with Crippen molar-refractivity contribution in [2.45, 2.75) is 12.7 Å². The SMILES string of the molecule is CC(O)(O)CN. The molecule has 0 fully saturated rings. The number of nitrogens with two attached hydrogens (primary N) is 1. The molecule has 0 aliphatic heterocycles. The van der Waals surface area contributed by atoms with Crippen LogP contribution in [-0.4, -0.2) is 22.5 Å². The third-order valence-corrected chi connectivity index (χ3v) is 0.387. The van der Waals surface area contributed by atoms with Crippen LogP contribution in [0.15, 0.2) is 0 Å². The molecule has 0 amide bonds. The first kappa shape index (κ1) is 5.88. The fourth-order valence-corrected chi connectivity index (χ4v) is 0. The van der Waals surface area contributed by atoms with Gasteiger partial charge in [0.1, 0.15) is 0 Å². The zero-order valence-electron chi connectivity index (χ0n) is 3.68. The minimum Gasteiger partial charge on any atom is -0.365 e. The summed E-state index contributed by atoms with van der Waals surface area (Å²) in [5.74, 6) is -1.68. The molecule has 38 valence electrons. The van der Waals surface area contributed by atoms with Crippen LogP contribution in [0.25, 0.3) is 0 Å². The van der Waals surface area contributed by atoms with Crippen LogP contribution in [0.5, 0.6) is 0 Å². The molecule has 4 N–H and O–H groups in total. The van der Waals surface area contributed by atoms with Gasteiger partial charge >= 0.3 is 0 Å². The third kappa shape index (κ3) is 3.88. The van der Waals surface area contributed by atoms with Gasteiger partial charge in [-0.25, -0.2) is 0 Å². The van der Waals surface area contributed by atoms with Crippen molar-refractivity contribution in [1.82, 2.24) is 0 Å². The van der Waals surface area contributed by atoms with E-state index in [2.05, 4.69) is 0 Å². The molecule has 0 aliphatic carbocycles. The summed E-state index contributed by atoms with van der Waals surface area (Å²) in [6, 6.07) is 0. The van der Waals surface area contributed by atoms with Crippen molar-refractivity contribution in [3.8, 4) is 0 Å². The Balaban J connectivity index is 3.17. The van der Waals surface area contributed by atoms with Crippen LogP contribution in [0, 0.1) is 0 Å². The van der Waals surface area contributed by atoms with Gasteiger partial charge in [0, 0.05) is 6.54 Å². The molecule has 6 heavy (non-hydrogen) atoms. The molecular formula is C3H9NO2. The molecule has 0 aromatic carbocycles. The maximum absolute atomic E-state index is 8.26. The second kappa shape index (κ2) is 1.55. The summed E-state index contributed by atoms with van der Waals surface area (Å²) in [6.45, 7) is 1.11. The predicted octanol–water partition coefficient (Wildman–Crippen LogP) is -1.35. The van der Waals surface area contributed by atoms with E-state index in [9.17, 15) is 0 Å². The summed E-state index contributed by atoms with van der Waals surface area (Å²) in [6.07, 6.45) is 0. The van der Waals surface area contributed by atoms with Crippen molar-refractivity contribution in [2.24, 2.45) is 5.73 Å². The summed E-state index contributed by atoms with van der Waals surface area (Å²) < 4.78 is 0. The molecule has 3 heteroatoms. The average Bonchev–Trinajstić information content (AvgIpc) is 1.35. The summed E-state index contributed by atoms with van der Waals surface area (Å²) in [5, 5.41) is 16.5. The lowest BCUT2D eigenvalue weighted by atomic mass is 10.3. The number of hydrogen-bond donors (Lipinski definition) is 3. The van der Waals surface area contributed by atoms with Gasteiger partial charge in [0.05, 0.1) is 0 Å². The van der Waals surface area contributed by atoms with E-state index in [0.717, 1.165) is 0 Å². The van der Waals surface area contributed by atoms with E-state index in [1.54, 1.807) is 0 Å². The lowest BCUT2D eigenvalue weighted by Gasteiger charge is -2.09. The van der Waals surface area contributed by atoms with Crippen LogP contribution in [0.1, 0.15) is 6.92 Å². The summed E-state index contributed by atoms with van der Waals surface area (Å²) in [7, 11) is 0. The Morgan fingerprint density at radius 1 is 1.67 bits per heavy atom. The second-order valence-corrected chi connectivity index (χ2v) is 1.42. The maximum atomic E-state index is 8.26. The van der Waals surface area contributed by atoms with Gasteiger partial charge in [-0.15, -0.1) is 0 Å². The molecule has 3 nitrogen and oxygen atoms in total. The van der Waals surface area contributed by atoms with Gasteiger partial charge in [-0.2, -0.15) is 0 Å². The van der Waals surface area contributed by atoms with Gasteiger partial charge in [0.25, 0.3) is 0 Å². The van der Waals surface area contributed by atoms with Crippen molar-refractivity contribution < 1.29 is 10.2 Å². The molecule has 0 rings (SSSR count). The van der Waals surface area contributed by atoms with E-state index in [4.69, 9.17) is 15.9 Å². The van der Waals surface area contributed by atoms with Crippen LogP contribution < -0.4 is 5.73 Å². The molecule has 0 unspecified atom stereocenters. The molecule has 0 radical (unpaired) electrons. The van der Waals surface area contributed by atoms with Crippen molar-refractivity contribution in [2.75, 3.05) is 6.54 Å². The Morgan fingerprint density at radius 2 is 1.83 bits per heavy atom. The molecule has 0 aromatic rings. The Morgan fingerprint density at radius 3 is 1.83 bits per heavy atom. The van der Waals surface area contributed by atoms with Gasteiger partial charge in [-0.05, 0) is 6.92 Å². The van der Waals surface area contributed by atoms with Crippen molar-refractivity contribution >= 4 is 0 Å². The Hall–Kier alpha value is -0.120. The Bertz CT molecular complexity index is 38.5. The van der Waals surface area contributed by atoms with Gasteiger partial charge in [0.15, 0.2) is 5.79 Å². The standard InChI is InChI=1S/C3H9NO2/c1-3(5,6)2-4/h5-6H,2,4H2,1H3. The molecular weight excluding hydrogens is 82.0 g/mol. The van der Waals surface area contributed by atoms with E-state index in [1.165, 1.54) is 6.92 Å². The highest BCUT2D eigenvalue weighted by Crippen LogP contribution is 1.88. The van der Waals surface area contributed by atoms with Crippen molar-refractivity contribution in [3.05, 3.63) is 0 Å². The number of rotatable bonds is 1. The molecule has 0 aromatic heterocycles. The largest absolute Gasteiger partial charge is 0.365 e. The van der Waals surface area contributed by atoms with E-state index >= 15 is 0 Å². The summed E-state index contributed by atoms with van der Waals surface area (Å²) in [5.41, 5.74) is 4.81. The van der Waals surface area contributed by atoms with Crippen molar-refractivity contribution in [1.29, 1.82) is 0 Å². The number of hydrogen-bond acceptors (Lipinski definition) is 3. The minimum absolute atomic E-state index is 0.118. The number of aliphatic hydroxyl groups is 2. The second-order valence-electron chi connectivity index (χ2n) is 1.42. The molecule has 0 spiro atoms. The molecule has 0 saturated carbocycles. The maximum Gasteiger partial charge on any atom is 0.172 e. The third-order valence-electron chi connectivity index (χ3n) is 0.387. The van der Waals surface area contributed by atoms with Gasteiger partial charge in [-0.3, -0.25) is 0 Å². The quantitative estimate of drug-likeness (QED) is 0.349. The van der Waals surface area contributed by atoms with E-state index in [1.807, 2.05) is 0 Å². The zero-order valence-corrected chi connectivity index (χ0v) is 3.68. The first-order valence-corrected chi connectivity index (χ1v) is 1.71. The normalized spacial score (nSPS) is 12.0. The Labute approximate surface area is 36.4 Å². The fraction of sp³-hybridized carbons (Fsp3) is 1.00. The lowest BCUT2D eigenvalue weighted by molar-refractivity contribution is -0.135. The van der Waals surface area contributed by atoms with Gasteiger partial charge < -0.3 is 15.9 Å². The minimum atomic E-state index is -1.68. The Kier molecular flexibility index (Phi) is 1.52. The molecule has 0 heterocycles. The average molecular weight is 91.1 g/mol. The highest BCUT2D eigenvalue weighted by atomic mass is 16.5. The monoisotopic (exact) mass is 91.1 g/mol. The first-order chi connectivity index (χ1) is 2.56. The summed E-state index contributed by atoms with van der Waals surface area (Å²) >= 11 is 0. The molecule has 0 aliphatic rings. The van der Waals surface area contributed by atoms with Crippen LogP contribution >= 0.6 is 0 Å². The first-order valence-electron chi connectivity index (χ1n) is 1.71. The van der Waals surface area contributed by atoms with Crippen molar-refractivity contribution in [3.63, 3.8) is 0 Å². The van der Waals surface area contributed by atoms with Gasteiger partial charge in [0.2, 0.25) is 0 Å². The summed E-state index contributed by atoms with van der Waals surface area (Å²) in [4.78, 5) is 0. The smallest absolute Gasteiger partial charge is 0.172 e. The predicted molar refractivity (Wildman–Crippen MR) is 21.9 cm³/mol. The highest BCUT2D eigenvalue weighted by molar-refractivity contribution is 4.52. The molecule has 0 bridgehead atoms. The fourth-order valence-electron chi connectivity index (χ4n) is 0.